The van der Waals surface area contributed by atoms with Gasteiger partial charge in [-0.05, 0) is 66.1 Å². The Morgan fingerprint density at radius 1 is 1.47 bits per heavy atom. The van der Waals surface area contributed by atoms with Crippen molar-refractivity contribution in [3.8, 4) is 0 Å². The molecule has 1 aliphatic heterocycles. The van der Waals surface area contributed by atoms with Gasteiger partial charge >= 0.3 is 0 Å². The second kappa shape index (κ2) is 5.83. The van der Waals surface area contributed by atoms with E-state index in [1.165, 1.54) is 6.42 Å². The molecule has 1 fully saturated rings. The molecule has 2 rings (SSSR count). The summed E-state index contributed by atoms with van der Waals surface area (Å²) in [4.78, 5) is 3.58. The lowest BCUT2D eigenvalue weighted by Gasteiger charge is -2.26. The van der Waals surface area contributed by atoms with Crippen molar-refractivity contribution in [1.82, 2.24) is 4.90 Å². The van der Waals surface area contributed by atoms with E-state index in [1.54, 1.807) is 11.3 Å². The Balaban J connectivity index is 2.09. The number of halogens is 1. The van der Waals surface area contributed by atoms with Gasteiger partial charge in [-0.1, -0.05) is 6.92 Å². The van der Waals surface area contributed by atoms with Gasteiger partial charge in [-0.3, -0.25) is 0 Å². The Morgan fingerprint density at radius 2 is 2.29 bits per heavy atom. The van der Waals surface area contributed by atoms with Crippen LogP contribution in [0.4, 0.5) is 0 Å². The minimum Gasteiger partial charge on any atom is -0.384 e. The molecule has 0 aliphatic carbocycles. The van der Waals surface area contributed by atoms with E-state index in [-0.39, 0.29) is 0 Å². The first-order valence-electron chi connectivity index (χ1n) is 6.34. The molecule has 0 saturated carbocycles. The van der Waals surface area contributed by atoms with Gasteiger partial charge in [-0.2, -0.15) is 0 Å². The highest BCUT2D eigenvalue weighted by molar-refractivity contribution is 9.10. The van der Waals surface area contributed by atoms with Crippen LogP contribution in [0.2, 0.25) is 0 Å². The molecular weight excluding hydrogens is 298 g/mol. The Hall–Kier alpha value is 0.100. The van der Waals surface area contributed by atoms with Crippen molar-refractivity contribution in [2.75, 3.05) is 19.6 Å². The van der Waals surface area contributed by atoms with Crippen LogP contribution in [0.1, 0.15) is 37.5 Å². The molecule has 0 amide bonds. The van der Waals surface area contributed by atoms with Gasteiger partial charge in [0.15, 0.2) is 0 Å². The van der Waals surface area contributed by atoms with Crippen molar-refractivity contribution in [3.05, 3.63) is 20.8 Å². The van der Waals surface area contributed by atoms with Gasteiger partial charge < -0.3 is 10.0 Å². The van der Waals surface area contributed by atoms with Crippen LogP contribution >= 0.6 is 27.3 Å². The maximum Gasteiger partial charge on any atom is 0.101 e. The first-order chi connectivity index (χ1) is 8.15. The molecule has 17 heavy (non-hydrogen) atoms. The summed E-state index contributed by atoms with van der Waals surface area (Å²) in [6.07, 6.45) is 4.01. The van der Waals surface area contributed by atoms with E-state index in [9.17, 15) is 5.11 Å². The lowest BCUT2D eigenvalue weighted by molar-refractivity contribution is 0.0242. The molecule has 4 heteroatoms. The highest BCUT2D eigenvalue weighted by atomic mass is 79.9. The molecule has 1 atom stereocenters. The van der Waals surface area contributed by atoms with Crippen molar-refractivity contribution < 1.29 is 5.11 Å². The van der Waals surface area contributed by atoms with Gasteiger partial charge in [0.25, 0.3) is 0 Å². The Kier molecular flexibility index (Phi) is 4.64. The summed E-state index contributed by atoms with van der Waals surface area (Å²) in [5, 5.41) is 12.9. The van der Waals surface area contributed by atoms with Crippen LogP contribution in [0.25, 0.3) is 0 Å². The van der Waals surface area contributed by atoms with E-state index >= 15 is 0 Å². The van der Waals surface area contributed by atoms with Gasteiger partial charge in [-0.25, -0.2) is 0 Å². The molecule has 0 aromatic carbocycles. The Bertz CT molecular complexity index is 368. The molecule has 0 bridgehead atoms. The maximum absolute atomic E-state index is 10.8. The molecule has 1 saturated heterocycles. The first kappa shape index (κ1) is 13.5. The molecule has 0 spiro atoms. The number of aliphatic hydroxyl groups is 1. The van der Waals surface area contributed by atoms with Crippen molar-refractivity contribution in [3.63, 3.8) is 0 Å². The molecule has 0 radical (unpaired) electrons. The van der Waals surface area contributed by atoms with Crippen LogP contribution in [0, 0.1) is 0 Å². The zero-order chi connectivity index (χ0) is 12.3. The predicted molar refractivity (Wildman–Crippen MR) is 76.5 cm³/mol. The summed E-state index contributed by atoms with van der Waals surface area (Å²) < 4.78 is 1.06. The maximum atomic E-state index is 10.8. The first-order valence-corrected chi connectivity index (χ1v) is 8.01. The zero-order valence-corrected chi connectivity index (χ0v) is 12.7. The number of hydrogen-bond acceptors (Lipinski definition) is 3. The van der Waals surface area contributed by atoms with E-state index in [0.29, 0.717) is 0 Å². The van der Waals surface area contributed by atoms with Crippen molar-refractivity contribution in [2.24, 2.45) is 0 Å². The molecule has 1 aromatic heterocycles. The summed E-state index contributed by atoms with van der Waals surface area (Å²) in [5.41, 5.74) is -0.616. The summed E-state index contributed by atoms with van der Waals surface area (Å²) in [7, 11) is 0. The van der Waals surface area contributed by atoms with Crippen LogP contribution in [-0.2, 0) is 5.60 Å². The summed E-state index contributed by atoms with van der Waals surface area (Å²) in [6.45, 7) is 5.50. The van der Waals surface area contributed by atoms with Crippen molar-refractivity contribution >= 4 is 27.3 Å². The van der Waals surface area contributed by atoms with E-state index in [1.807, 2.05) is 11.4 Å². The minimum absolute atomic E-state index is 0.616. The van der Waals surface area contributed by atoms with Crippen LogP contribution in [0.5, 0.6) is 0 Å². The number of rotatable bonds is 3. The zero-order valence-electron chi connectivity index (χ0n) is 10.3. The lowest BCUT2D eigenvalue weighted by Crippen LogP contribution is -2.29. The standard InChI is InChI=1S/C13H20BrNOS/c1-2-7-15-8-3-5-13(16,6-9-15)12-11(14)4-10-17-12/h4,10,16H,2-3,5-9H2,1H3. The van der Waals surface area contributed by atoms with Crippen LogP contribution in [0.3, 0.4) is 0 Å². The van der Waals surface area contributed by atoms with E-state index in [2.05, 4.69) is 27.8 Å². The fraction of sp³-hybridized carbons (Fsp3) is 0.692. The van der Waals surface area contributed by atoms with Crippen LogP contribution < -0.4 is 0 Å². The quantitative estimate of drug-likeness (QED) is 0.920. The smallest absolute Gasteiger partial charge is 0.101 e. The molecule has 1 unspecified atom stereocenters. The number of nitrogens with zero attached hydrogens (tertiary/aromatic N) is 1. The van der Waals surface area contributed by atoms with E-state index in [0.717, 1.165) is 48.2 Å². The highest BCUT2D eigenvalue weighted by Gasteiger charge is 2.34. The Labute approximate surface area is 116 Å². The molecule has 2 nitrogen and oxygen atoms in total. The lowest BCUT2D eigenvalue weighted by atomic mass is 9.93. The van der Waals surface area contributed by atoms with E-state index < -0.39 is 5.60 Å². The monoisotopic (exact) mass is 317 g/mol. The number of thiophene rings is 1. The molecular formula is C13H20BrNOS. The largest absolute Gasteiger partial charge is 0.384 e. The molecule has 96 valence electrons. The third-order valence-electron chi connectivity index (χ3n) is 3.49. The van der Waals surface area contributed by atoms with Crippen LogP contribution in [0.15, 0.2) is 15.9 Å². The number of likely N-dealkylation sites (tertiary alicyclic amines) is 1. The predicted octanol–water partition coefficient (Wildman–Crippen LogP) is 3.59. The Morgan fingerprint density at radius 3 is 2.94 bits per heavy atom. The van der Waals surface area contributed by atoms with E-state index in [4.69, 9.17) is 0 Å². The van der Waals surface area contributed by atoms with Gasteiger partial charge in [0, 0.05) is 11.0 Å². The fourth-order valence-corrected chi connectivity index (χ4v) is 4.47. The van der Waals surface area contributed by atoms with Gasteiger partial charge in [0.2, 0.25) is 0 Å². The summed E-state index contributed by atoms with van der Waals surface area (Å²) in [6, 6.07) is 2.03. The normalized spacial score (nSPS) is 27.0. The third kappa shape index (κ3) is 3.11. The van der Waals surface area contributed by atoms with Crippen LogP contribution in [-0.4, -0.2) is 29.6 Å². The van der Waals surface area contributed by atoms with Crippen molar-refractivity contribution in [2.45, 2.75) is 38.2 Å². The summed E-state index contributed by atoms with van der Waals surface area (Å²) >= 11 is 5.21. The average Bonchev–Trinajstić information content (AvgIpc) is 2.64. The number of hydrogen-bond donors (Lipinski definition) is 1. The third-order valence-corrected chi connectivity index (χ3v) is 5.52. The summed E-state index contributed by atoms with van der Waals surface area (Å²) in [5.74, 6) is 0. The average molecular weight is 318 g/mol. The van der Waals surface area contributed by atoms with Gasteiger partial charge in [0.1, 0.15) is 5.60 Å². The second-order valence-electron chi connectivity index (χ2n) is 4.82. The topological polar surface area (TPSA) is 23.5 Å². The second-order valence-corrected chi connectivity index (χ2v) is 6.59. The molecule has 2 heterocycles. The van der Waals surface area contributed by atoms with Crippen molar-refractivity contribution in [1.29, 1.82) is 0 Å². The molecule has 1 N–H and O–H groups in total. The SMILES string of the molecule is CCCN1CCCC(O)(c2sccc2Br)CC1. The fourth-order valence-electron chi connectivity index (χ4n) is 2.57. The molecule has 1 aromatic rings. The highest BCUT2D eigenvalue weighted by Crippen LogP contribution is 2.40. The van der Waals surface area contributed by atoms with Gasteiger partial charge in [0.05, 0.1) is 4.88 Å². The minimum atomic E-state index is -0.616. The van der Waals surface area contributed by atoms with Gasteiger partial charge in [-0.15, -0.1) is 11.3 Å². The molecule has 1 aliphatic rings.